The van der Waals surface area contributed by atoms with Crippen molar-refractivity contribution in [3.8, 4) is 0 Å². The monoisotopic (exact) mass is 244 g/mol. The highest BCUT2D eigenvalue weighted by atomic mass is 16.3. The second-order valence-electron chi connectivity index (χ2n) is 4.93. The van der Waals surface area contributed by atoms with E-state index in [0.717, 1.165) is 16.5 Å². The average molecular weight is 244 g/mol. The summed E-state index contributed by atoms with van der Waals surface area (Å²) >= 11 is 0. The Morgan fingerprint density at radius 3 is 2.83 bits per heavy atom. The van der Waals surface area contributed by atoms with Crippen LogP contribution < -0.4 is 0 Å². The van der Waals surface area contributed by atoms with Crippen molar-refractivity contribution in [3.63, 3.8) is 0 Å². The molecule has 1 aromatic heterocycles. The maximum Gasteiger partial charge on any atom is 0.256 e. The van der Waals surface area contributed by atoms with Crippen LogP contribution in [0.3, 0.4) is 0 Å². The number of carbonyl (C=O) groups is 1. The van der Waals surface area contributed by atoms with Crippen LogP contribution in [0.5, 0.6) is 0 Å². The van der Waals surface area contributed by atoms with E-state index in [2.05, 4.69) is 0 Å². The fourth-order valence-electron chi connectivity index (χ4n) is 2.53. The van der Waals surface area contributed by atoms with Gasteiger partial charge in [0.2, 0.25) is 0 Å². The van der Waals surface area contributed by atoms with Gasteiger partial charge in [0.05, 0.1) is 5.56 Å². The van der Waals surface area contributed by atoms with Crippen LogP contribution in [-0.4, -0.2) is 40.2 Å². The fourth-order valence-corrected chi connectivity index (χ4v) is 2.53. The zero-order valence-corrected chi connectivity index (χ0v) is 10.3. The van der Waals surface area contributed by atoms with Crippen LogP contribution in [0.25, 0.3) is 10.9 Å². The quantitative estimate of drug-likeness (QED) is 0.864. The number of aryl methyl sites for hydroxylation is 1. The maximum absolute atomic E-state index is 12.3. The summed E-state index contributed by atoms with van der Waals surface area (Å²) in [6.07, 6.45) is 1.89. The molecule has 1 aliphatic rings. The van der Waals surface area contributed by atoms with Crippen molar-refractivity contribution in [1.29, 1.82) is 0 Å². The normalized spacial score (nSPS) is 16.0. The Labute approximate surface area is 105 Å². The first-order valence-corrected chi connectivity index (χ1v) is 6.15. The van der Waals surface area contributed by atoms with Gasteiger partial charge in [-0.25, -0.2) is 0 Å². The molecule has 2 aromatic rings. The van der Waals surface area contributed by atoms with Gasteiger partial charge < -0.3 is 14.6 Å². The molecule has 1 fully saturated rings. The van der Waals surface area contributed by atoms with Crippen LogP contribution in [0.4, 0.5) is 0 Å². The number of benzene rings is 1. The zero-order valence-electron chi connectivity index (χ0n) is 10.3. The predicted molar refractivity (Wildman–Crippen MR) is 69.4 cm³/mol. The molecule has 1 aliphatic heterocycles. The van der Waals surface area contributed by atoms with Gasteiger partial charge in [-0.1, -0.05) is 18.2 Å². The fraction of sp³-hybridized carbons (Fsp3) is 0.357. The Kier molecular flexibility index (Phi) is 2.59. The Morgan fingerprint density at radius 1 is 1.39 bits per heavy atom. The van der Waals surface area contributed by atoms with Crippen molar-refractivity contribution in [2.75, 3.05) is 19.7 Å². The van der Waals surface area contributed by atoms with Gasteiger partial charge in [-0.3, -0.25) is 4.79 Å². The highest BCUT2D eigenvalue weighted by molar-refractivity contribution is 6.07. The summed E-state index contributed by atoms with van der Waals surface area (Å²) < 4.78 is 1.98. The number of rotatable bonds is 2. The van der Waals surface area contributed by atoms with E-state index in [9.17, 15) is 4.79 Å². The number of fused-ring (bicyclic) bond motifs is 1. The second kappa shape index (κ2) is 4.14. The van der Waals surface area contributed by atoms with E-state index in [0.29, 0.717) is 13.1 Å². The highest BCUT2D eigenvalue weighted by Gasteiger charge is 2.31. The lowest BCUT2D eigenvalue weighted by atomic mass is 10.00. The van der Waals surface area contributed by atoms with Crippen LogP contribution in [-0.2, 0) is 7.05 Å². The maximum atomic E-state index is 12.3. The SMILES string of the molecule is Cn1cc(C(=O)N2CC(CO)C2)c2ccccc21. The minimum absolute atomic E-state index is 0.0662. The molecule has 3 rings (SSSR count). The van der Waals surface area contributed by atoms with Crippen LogP contribution >= 0.6 is 0 Å². The van der Waals surface area contributed by atoms with Gasteiger partial charge in [0.15, 0.2) is 0 Å². The van der Waals surface area contributed by atoms with Gasteiger partial charge in [-0.05, 0) is 6.07 Å². The summed E-state index contributed by atoms with van der Waals surface area (Å²) in [4.78, 5) is 14.1. The van der Waals surface area contributed by atoms with Crippen molar-refractivity contribution in [2.24, 2.45) is 13.0 Å². The van der Waals surface area contributed by atoms with Gasteiger partial charge in [-0.2, -0.15) is 0 Å². The van der Waals surface area contributed by atoms with E-state index in [1.807, 2.05) is 42.1 Å². The highest BCUT2D eigenvalue weighted by Crippen LogP contribution is 2.24. The number of aliphatic hydroxyl groups is 1. The minimum Gasteiger partial charge on any atom is -0.396 e. The predicted octanol–water partition coefficient (Wildman–Crippen LogP) is 1.24. The number of hydrogen-bond donors (Lipinski definition) is 1. The summed E-state index contributed by atoms with van der Waals surface area (Å²) in [6.45, 7) is 1.50. The standard InChI is InChI=1S/C14H16N2O2/c1-15-8-12(11-4-2-3-5-13(11)15)14(18)16-6-10(7-16)9-17/h2-5,8,10,17H,6-7,9H2,1H3. The van der Waals surface area contributed by atoms with Crippen LogP contribution in [0.2, 0.25) is 0 Å². The molecule has 18 heavy (non-hydrogen) atoms. The second-order valence-corrected chi connectivity index (χ2v) is 4.93. The van der Waals surface area contributed by atoms with Crippen molar-refractivity contribution in [2.45, 2.75) is 0 Å². The summed E-state index contributed by atoms with van der Waals surface area (Å²) in [5.74, 6) is 0.320. The molecule has 1 aromatic carbocycles. The van der Waals surface area contributed by atoms with Crippen molar-refractivity contribution in [1.82, 2.24) is 9.47 Å². The van der Waals surface area contributed by atoms with Crippen molar-refractivity contribution >= 4 is 16.8 Å². The van der Waals surface area contributed by atoms with E-state index in [1.165, 1.54) is 0 Å². The molecule has 94 valence electrons. The molecular formula is C14H16N2O2. The number of hydrogen-bond acceptors (Lipinski definition) is 2. The largest absolute Gasteiger partial charge is 0.396 e. The molecule has 0 spiro atoms. The third-order valence-corrected chi connectivity index (χ3v) is 3.63. The van der Waals surface area contributed by atoms with Gasteiger partial charge in [-0.15, -0.1) is 0 Å². The minimum atomic E-state index is 0.0662. The zero-order chi connectivity index (χ0) is 12.7. The van der Waals surface area contributed by atoms with Gasteiger partial charge in [0, 0.05) is 49.8 Å². The molecule has 1 N–H and O–H groups in total. The first kappa shape index (κ1) is 11.3. The lowest BCUT2D eigenvalue weighted by molar-refractivity contribution is 0.0363. The molecule has 0 bridgehead atoms. The number of nitrogens with zero attached hydrogens (tertiary/aromatic N) is 2. The Bertz CT molecular complexity index is 597. The number of likely N-dealkylation sites (tertiary alicyclic amines) is 1. The van der Waals surface area contributed by atoms with Crippen molar-refractivity contribution < 1.29 is 9.90 Å². The number of para-hydroxylation sites is 1. The number of aromatic nitrogens is 1. The lowest BCUT2D eigenvalue weighted by Crippen LogP contribution is -2.51. The lowest BCUT2D eigenvalue weighted by Gasteiger charge is -2.38. The molecule has 0 radical (unpaired) electrons. The number of aliphatic hydroxyl groups excluding tert-OH is 1. The van der Waals surface area contributed by atoms with Gasteiger partial charge in [0.1, 0.15) is 0 Å². The Balaban J connectivity index is 1.93. The molecule has 0 atom stereocenters. The van der Waals surface area contributed by atoms with Gasteiger partial charge in [0.25, 0.3) is 5.91 Å². The molecule has 2 heterocycles. The van der Waals surface area contributed by atoms with Crippen LogP contribution in [0, 0.1) is 5.92 Å². The molecule has 0 unspecified atom stereocenters. The first-order valence-electron chi connectivity index (χ1n) is 6.15. The number of carbonyl (C=O) groups excluding carboxylic acids is 1. The van der Waals surface area contributed by atoms with Gasteiger partial charge >= 0.3 is 0 Å². The van der Waals surface area contributed by atoms with E-state index in [-0.39, 0.29) is 18.4 Å². The summed E-state index contributed by atoms with van der Waals surface area (Å²) in [5.41, 5.74) is 1.82. The molecule has 1 saturated heterocycles. The molecule has 4 nitrogen and oxygen atoms in total. The smallest absolute Gasteiger partial charge is 0.256 e. The third kappa shape index (κ3) is 1.61. The molecule has 4 heteroatoms. The average Bonchev–Trinajstić information content (AvgIpc) is 2.66. The molecule has 1 amide bonds. The molecule has 0 saturated carbocycles. The van der Waals surface area contributed by atoms with Crippen molar-refractivity contribution in [3.05, 3.63) is 36.0 Å². The summed E-state index contributed by atoms with van der Waals surface area (Å²) in [7, 11) is 1.95. The third-order valence-electron chi connectivity index (χ3n) is 3.63. The van der Waals surface area contributed by atoms with E-state index < -0.39 is 0 Å². The van der Waals surface area contributed by atoms with E-state index in [4.69, 9.17) is 5.11 Å². The van der Waals surface area contributed by atoms with Crippen LogP contribution in [0.1, 0.15) is 10.4 Å². The first-order chi connectivity index (χ1) is 8.70. The number of amides is 1. The Morgan fingerprint density at radius 2 is 2.11 bits per heavy atom. The summed E-state index contributed by atoms with van der Waals surface area (Å²) in [5, 5.41) is 9.99. The Hall–Kier alpha value is -1.81. The van der Waals surface area contributed by atoms with E-state index in [1.54, 1.807) is 4.90 Å². The topological polar surface area (TPSA) is 45.5 Å². The summed E-state index contributed by atoms with van der Waals surface area (Å²) in [6, 6.07) is 7.92. The van der Waals surface area contributed by atoms with E-state index >= 15 is 0 Å². The molecular weight excluding hydrogens is 228 g/mol. The van der Waals surface area contributed by atoms with Crippen LogP contribution in [0.15, 0.2) is 30.5 Å². The molecule has 0 aliphatic carbocycles.